The lowest BCUT2D eigenvalue weighted by Gasteiger charge is -2.12. The summed E-state index contributed by atoms with van der Waals surface area (Å²) in [6.45, 7) is 0. The standard InChI is InChI=1S/C12H14ClNO4S/c13-9-5-8(6-11(7-9)19(14,16)17)12(15)18-10-3-1-2-4-10/h5-7,10H,1-4H2,(H2,14,16,17). The molecule has 0 unspecified atom stereocenters. The lowest BCUT2D eigenvalue weighted by Crippen LogP contribution is -2.17. The van der Waals surface area contributed by atoms with Crippen LogP contribution in [0.15, 0.2) is 23.1 Å². The molecule has 1 aliphatic carbocycles. The van der Waals surface area contributed by atoms with Crippen LogP contribution in [-0.2, 0) is 14.8 Å². The van der Waals surface area contributed by atoms with E-state index in [1.807, 2.05) is 0 Å². The van der Waals surface area contributed by atoms with Gasteiger partial charge in [-0.25, -0.2) is 18.4 Å². The van der Waals surface area contributed by atoms with Gasteiger partial charge in [-0.05, 0) is 43.9 Å². The normalized spacial score (nSPS) is 16.5. The monoisotopic (exact) mass is 303 g/mol. The molecule has 19 heavy (non-hydrogen) atoms. The van der Waals surface area contributed by atoms with Gasteiger partial charge in [0.25, 0.3) is 0 Å². The number of ether oxygens (including phenoxy) is 1. The molecule has 0 aliphatic heterocycles. The van der Waals surface area contributed by atoms with E-state index in [9.17, 15) is 13.2 Å². The fraction of sp³-hybridized carbons (Fsp3) is 0.417. The molecule has 2 N–H and O–H groups in total. The molecule has 0 aromatic heterocycles. The molecule has 0 heterocycles. The van der Waals surface area contributed by atoms with Gasteiger partial charge in [-0.15, -0.1) is 0 Å². The predicted octanol–water partition coefficient (Wildman–Crippen LogP) is 2.09. The number of hydrogen-bond donors (Lipinski definition) is 1. The quantitative estimate of drug-likeness (QED) is 0.866. The van der Waals surface area contributed by atoms with Crippen molar-refractivity contribution in [1.29, 1.82) is 0 Å². The van der Waals surface area contributed by atoms with Crippen LogP contribution in [0.2, 0.25) is 5.02 Å². The highest BCUT2D eigenvalue weighted by molar-refractivity contribution is 7.89. The second kappa shape index (κ2) is 5.48. The van der Waals surface area contributed by atoms with E-state index in [1.54, 1.807) is 0 Å². The van der Waals surface area contributed by atoms with Crippen LogP contribution >= 0.6 is 11.6 Å². The molecule has 5 nitrogen and oxygen atoms in total. The Bertz CT molecular complexity index is 594. The molecule has 1 saturated carbocycles. The van der Waals surface area contributed by atoms with Gasteiger partial charge in [0.2, 0.25) is 10.0 Å². The van der Waals surface area contributed by atoms with Crippen molar-refractivity contribution in [2.45, 2.75) is 36.7 Å². The van der Waals surface area contributed by atoms with E-state index in [4.69, 9.17) is 21.5 Å². The highest BCUT2D eigenvalue weighted by Crippen LogP contribution is 2.24. The average molecular weight is 304 g/mol. The van der Waals surface area contributed by atoms with Gasteiger partial charge in [0.05, 0.1) is 10.5 Å². The highest BCUT2D eigenvalue weighted by Gasteiger charge is 2.21. The third-order valence-electron chi connectivity index (χ3n) is 3.01. The molecule has 0 bridgehead atoms. The van der Waals surface area contributed by atoms with Gasteiger partial charge in [0.1, 0.15) is 6.10 Å². The molecular weight excluding hydrogens is 290 g/mol. The third kappa shape index (κ3) is 3.68. The van der Waals surface area contributed by atoms with E-state index < -0.39 is 16.0 Å². The third-order valence-corrected chi connectivity index (χ3v) is 4.12. The molecule has 1 fully saturated rings. The van der Waals surface area contributed by atoms with Crippen LogP contribution in [0, 0.1) is 0 Å². The summed E-state index contributed by atoms with van der Waals surface area (Å²) in [5.74, 6) is -0.570. The maximum atomic E-state index is 11.9. The summed E-state index contributed by atoms with van der Waals surface area (Å²) >= 11 is 5.79. The van der Waals surface area contributed by atoms with Crippen LogP contribution in [0.3, 0.4) is 0 Å². The van der Waals surface area contributed by atoms with Crippen LogP contribution in [0.1, 0.15) is 36.0 Å². The van der Waals surface area contributed by atoms with Gasteiger partial charge >= 0.3 is 5.97 Å². The number of halogens is 1. The first-order valence-electron chi connectivity index (χ1n) is 5.90. The largest absolute Gasteiger partial charge is 0.459 e. The Labute approximate surface area is 116 Å². The van der Waals surface area contributed by atoms with E-state index in [0.29, 0.717) is 0 Å². The SMILES string of the molecule is NS(=O)(=O)c1cc(Cl)cc(C(=O)OC2CCCC2)c1. The van der Waals surface area contributed by atoms with E-state index >= 15 is 0 Å². The van der Waals surface area contributed by atoms with Crippen molar-refractivity contribution in [2.24, 2.45) is 5.14 Å². The summed E-state index contributed by atoms with van der Waals surface area (Å²) in [5.41, 5.74) is 0.100. The number of primary sulfonamides is 1. The number of benzene rings is 1. The van der Waals surface area contributed by atoms with Crippen molar-refractivity contribution in [3.05, 3.63) is 28.8 Å². The summed E-state index contributed by atoms with van der Waals surface area (Å²) < 4.78 is 27.8. The molecule has 2 rings (SSSR count). The maximum Gasteiger partial charge on any atom is 0.338 e. The zero-order chi connectivity index (χ0) is 14.0. The summed E-state index contributed by atoms with van der Waals surface area (Å²) in [7, 11) is -3.90. The first-order valence-corrected chi connectivity index (χ1v) is 7.83. The molecule has 0 spiro atoms. The molecule has 104 valence electrons. The number of carbonyl (C=O) groups excluding carboxylic acids is 1. The van der Waals surface area contributed by atoms with Gasteiger partial charge in [0, 0.05) is 5.02 Å². The van der Waals surface area contributed by atoms with Crippen LogP contribution in [0.25, 0.3) is 0 Å². The minimum atomic E-state index is -3.90. The summed E-state index contributed by atoms with van der Waals surface area (Å²) in [5, 5.41) is 5.15. The molecular formula is C12H14ClNO4S. The number of esters is 1. The molecule has 0 amide bonds. The Morgan fingerprint density at radius 2 is 1.89 bits per heavy atom. The zero-order valence-electron chi connectivity index (χ0n) is 10.1. The topological polar surface area (TPSA) is 86.5 Å². The molecule has 7 heteroatoms. The lowest BCUT2D eigenvalue weighted by molar-refractivity contribution is 0.0317. The van der Waals surface area contributed by atoms with Gasteiger partial charge in [-0.3, -0.25) is 0 Å². The number of carbonyl (C=O) groups is 1. The first kappa shape index (κ1) is 14.3. The van der Waals surface area contributed by atoms with Crippen molar-refractivity contribution >= 4 is 27.6 Å². The minimum Gasteiger partial charge on any atom is -0.459 e. The molecule has 0 saturated heterocycles. The molecule has 1 aromatic carbocycles. The Balaban J connectivity index is 2.24. The minimum absolute atomic E-state index is 0.0931. The molecule has 0 atom stereocenters. The van der Waals surface area contributed by atoms with E-state index in [2.05, 4.69) is 0 Å². The summed E-state index contributed by atoms with van der Waals surface area (Å²) in [6, 6.07) is 3.75. The summed E-state index contributed by atoms with van der Waals surface area (Å²) in [6.07, 6.45) is 3.67. The van der Waals surface area contributed by atoms with Crippen molar-refractivity contribution in [3.8, 4) is 0 Å². The van der Waals surface area contributed by atoms with E-state index in [0.717, 1.165) is 25.7 Å². The van der Waals surface area contributed by atoms with Crippen molar-refractivity contribution in [3.63, 3.8) is 0 Å². The fourth-order valence-electron chi connectivity index (χ4n) is 2.07. The van der Waals surface area contributed by atoms with E-state index in [1.165, 1.54) is 18.2 Å². The smallest absolute Gasteiger partial charge is 0.338 e. The van der Waals surface area contributed by atoms with E-state index in [-0.39, 0.29) is 21.6 Å². The number of hydrogen-bond acceptors (Lipinski definition) is 4. The molecule has 1 aliphatic rings. The average Bonchev–Trinajstić information content (AvgIpc) is 2.79. The van der Waals surface area contributed by atoms with Crippen LogP contribution in [-0.4, -0.2) is 20.5 Å². The Kier molecular flexibility index (Phi) is 4.13. The fourth-order valence-corrected chi connectivity index (χ4v) is 2.95. The first-order chi connectivity index (χ1) is 8.86. The van der Waals surface area contributed by atoms with Crippen LogP contribution in [0.4, 0.5) is 0 Å². The highest BCUT2D eigenvalue weighted by atomic mass is 35.5. The van der Waals surface area contributed by atoms with Gasteiger partial charge in [-0.1, -0.05) is 11.6 Å². The van der Waals surface area contributed by atoms with Gasteiger partial charge < -0.3 is 4.74 Å². The van der Waals surface area contributed by atoms with Crippen molar-refractivity contribution < 1.29 is 17.9 Å². The van der Waals surface area contributed by atoms with Crippen LogP contribution in [0.5, 0.6) is 0 Å². The van der Waals surface area contributed by atoms with Crippen LogP contribution < -0.4 is 5.14 Å². The summed E-state index contributed by atoms with van der Waals surface area (Å²) in [4.78, 5) is 11.7. The number of sulfonamides is 1. The number of nitrogens with two attached hydrogens (primary N) is 1. The lowest BCUT2D eigenvalue weighted by atomic mass is 10.2. The van der Waals surface area contributed by atoms with Gasteiger partial charge in [0.15, 0.2) is 0 Å². The zero-order valence-corrected chi connectivity index (χ0v) is 11.7. The number of rotatable bonds is 3. The Morgan fingerprint density at radius 3 is 2.47 bits per heavy atom. The predicted molar refractivity (Wildman–Crippen MR) is 70.5 cm³/mol. The molecule has 1 aromatic rings. The molecule has 0 radical (unpaired) electrons. The second-order valence-electron chi connectivity index (χ2n) is 4.53. The Hall–Kier alpha value is -1.11. The Morgan fingerprint density at radius 1 is 1.26 bits per heavy atom. The van der Waals surface area contributed by atoms with Crippen molar-refractivity contribution in [1.82, 2.24) is 0 Å². The second-order valence-corrected chi connectivity index (χ2v) is 6.53. The van der Waals surface area contributed by atoms with Crippen molar-refractivity contribution in [2.75, 3.05) is 0 Å². The van der Waals surface area contributed by atoms with Gasteiger partial charge in [-0.2, -0.15) is 0 Å². The maximum absolute atomic E-state index is 11.9.